The summed E-state index contributed by atoms with van der Waals surface area (Å²) in [6.07, 6.45) is 0. The second-order valence-corrected chi connectivity index (χ2v) is 6.12. The van der Waals surface area contributed by atoms with Gasteiger partial charge in [-0.25, -0.2) is 0 Å². The molecule has 0 aromatic carbocycles. The first-order valence-corrected chi connectivity index (χ1v) is 3.99. The van der Waals surface area contributed by atoms with Gasteiger partial charge in [-0.3, -0.25) is 0 Å². The Hall–Kier alpha value is 1.51. The molecule has 0 saturated carbocycles. The number of rotatable bonds is 2. The number of halogens is 4. The highest BCUT2D eigenvalue weighted by Gasteiger charge is 2.21. The summed E-state index contributed by atoms with van der Waals surface area (Å²) in [4.78, 5) is 0. The van der Waals surface area contributed by atoms with Crippen LogP contribution in [0.2, 0.25) is 0 Å². The summed E-state index contributed by atoms with van der Waals surface area (Å²) in [7, 11) is 0. The molecule has 0 atom stereocenters. The highest BCUT2D eigenvalue weighted by atomic mass is 35.5. The number of thioether (sulfide) groups is 1. The summed E-state index contributed by atoms with van der Waals surface area (Å²) in [6, 6.07) is 0. The van der Waals surface area contributed by atoms with Gasteiger partial charge in [-0.2, -0.15) is 0 Å². The van der Waals surface area contributed by atoms with Crippen molar-refractivity contribution < 1.29 is 0 Å². The molecule has 0 aromatic heterocycles. The van der Waals surface area contributed by atoms with Crippen LogP contribution in [0.15, 0.2) is 0 Å². The Morgan fingerprint density at radius 1 is 1.38 bits per heavy atom. The van der Waals surface area contributed by atoms with Crippen LogP contribution in [-0.4, -0.2) is 3.67 Å². The average Bonchev–Trinajstić information content (AvgIpc) is 1.21. The van der Waals surface area contributed by atoms with E-state index in [1.165, 1.54) is 0 Å². The van der Waals surface area contributed by atoms with E-state index >= 15 is 0 Å². The molecule has 0 aromatic rings. The van der Waals surface area contributed by atoms with Crippen molar-refractivity contribution in [3.63, 3.8) is 0 Å². The molecule has 0 N–H and O–H groups in total. The molecule has 0 heterocycles. The lowest BCUT2D eigenvalue weighted by Crippen LogP contribution is -1.97. The molecule has 0 rings (SSSR count). The van der Waals surface area contributed by atoms with Gasteiger partial charge in [-0.05, 0) is 6.92 Å². The van der Waals surface area contributed by atoms with Crippen LogP contribution in [0.5, 0.6) is 0 Å². The van der Waals surface area contributed by atoms with E-state index in [4.69, 9.17) is 46.4 Å². The molecule has 0 fully saturated rings. The van der Waals surface area contributed by atoms with Crippen LogP contribution in [-0.2, 0) is 0 Å². The van der Waals surface area contributed by atoms with Crippen molar-refractivity contribution in [3.8, 4) is 0 Å². The van der Waals surface area contributed by atoms with E-state index in [-0.39, 0.29) is 4.17 Å². The second kappa shape index (κ2) is 3.62. The first-order chi connectivity index (χ1) is 3.42. The molecule has 0 aliphatic heterocycles. The van der Waals surface area contributed by atoms with Crippen molar-refractivity contribution in [2.24, 2.45) is 0 Å². The summed E-state index contributed by atoms with van der Waals surface area (Å²) in [5, 5.41) is 0. The Labute approximate surface area is 72.8 Å². The topological polar surface area (TPSA) is 0 Å². The molecule has 0 nitrogen and oxygen atoms in total. The van der Waals surface area contributed by atoms with Gasteiger partial charge in [0.1, 0.15) is 0 Å². The van der Waals surface area contributed by atoms with Gasteiger partial charge in [0.2, 0.25) is 4.17 Å². The molecule has 0 aliphatic rings. The Kier molecular flexibility index (Phi) is 4.31. The molecule has 0 amide bonds. The summed E-state index contributed by atoms with van der Waals surface area (Å²) in [5.74, 6) is 0. The lowest BCUT2D eigenvalue weighted by Gasteiger charge is -2.10. The zero-order valence-electron chi connectivity index (χ0n) is 3.92. The van der Waals surface area contributed by atoms with Crippen molar-refractivity contribution in [1.82, 2.24) is 0 Å². The van der Waals surface area contributed by atoms with E-state index in [1.807, 2.05) is 0 Å². The number of hydrogen-bond donors (Lipinski definition) is 0. The minimum Gasteiger partial charge on any atom is -0.0896 e. The normalized spacial score (nSPS) is 12.8. The van der Waals surface area contributed by atoms with Crippen molar-refractivity contribution in [3.05, 3.63) is 4.17 Å². The Balaban J connectivity index is 3.39. The van der Waals surface area contributed by atoms with E-state index in [9.17, 15) is 0 Å². The molecule has 0 spiro atoms. The molecule has 8 heavy (non-hydrogen) atoms. The fourth-order valence-corrected chi connectivity index (χ4v) is 2.27. The Morgan fingerprint density at radius 2 is 1.75 bits per heavy atom. The molecule has 5 heteroatoms. The molecule has 1 radical (unpaired) electrons. The maximum absolute atomic E-state index is 5.47. The van der Waals surface area contributed by atoms with Gasteiger partial charge >= 0.3 is 0 Å². The third-order valence-corrected chi connectivity index (χ3v) is 1.69. The Morgan fingerprint density at radius 3 is 1.75 bits per heavy atom. The smallest absolute Gasteiger partial charge is 0.0896 e. The predicted molar refractivity (Wildman–Crippen MR) is 42.7 cm³/mol. The third-order valence-electron chi connectivity index (χ3n) is 0.256. The first kappa shape index (κ1) is 9.51. The average molecular weight is 213 g/mol. The third kappa shape index (κ3) is 7.51. The maximum atomic E-state index is 5.47. The largest absolute Gasteiger partial charge is 0.208 e. The Bertz CT molecular complexity index is 66.2. The van der Waals surface area contributed by atoms with E-state index < -0.39 is 3.67 Å². The van der Waals surface area contributed by atoms with Crippen LogP contribution in [0.25, 0.3) is 0 Å². The van der Waals surface area contributed by atoms with Crippen molar-refractivity contribution in [2.45, 2.75) is 10.6 Å². The van der Waals surface area contributed by atoms with Crippen LogP contribution < -0.4 is 0 Å². The molecular formula is C3H3Cl4S. The molecule has 0 aliphatic carbocycles. The van der Waals surface area contributed by atoms with E-state index in [2.05, 4.69) is 0 Å². The monoisotopic (exact) mass is 211 g/mol. The highest BCUT2D eigenvalue weighted by Crippen LogP contribution is 2.44. The lowest BCUT2D eigenvalue weighted by molar-refractivity contribution is 1.29. The van der Waals surface area contributed by atoms with Gasteiger partial charge in [0.25, 0.3) is 0 Å². The minimum absolute atomic E-state index is 0.123. The van der Waals surface area contributed by atoms with Crippen LogP contribution in [0.3, 0.4) is 0 Å². The zero-order valence-corrected chi connectivity index (χ0v) is 7.76. The first-order valence-electron chi connectivity index (χ1n) is 1.66. The van der Waals surface area contributed by atoms with Gasteiger partial charge in [-0.1, -0.05) is 58.2 Å². The van der Waals surface area contributed by atoms with E-state index in [1.54, 1.807) is 6.92 Å². The van der Waals surface area contributed by atoms with Gasteiger partial charge < -0.3 is 0 Å². The van der Waals surface area contributed by atoms with Crippen molar-refractivity contribution in [1.29, 1.82) is 0 Å². The van der Waals surface area contributed by atoms with Gasteiger partial charge in [0, 0.05) is 0 Å². The minimum atomic E-state index is -0.918. The van der Waals surface area contributed by atoms with E-state index in [0.29, 0.717) is 0 Å². The molecular weight excluding hydrogens is 210 g/mol. The van der Waals surface area contributed by atoms with Crippen LogP contribution in [0.4, 0.5) is 0 Å². The summed E-state index contributed by atoms with van der Waals surface area (Å²) in [5.41, 5.74) is 0. The predicted octanol–water partition coefficient (Wildman–Crippen LogP) is 3.80. The van der Waals surface area contributed by atoms with Crippen LogP contribution >= 0.6 is 58.2 Å². The van der Waals surface area contributed by atoms with Crippen molar-refractivity contribution in [2.75, 3.05) is 0 Å². The SMILES string of the molecule is CC(Cl)(Cl)S[C](Cl)Cl. The van der Waals surface area contributed by atoms with Crippen LogP contribution in [0.1, 0.15) is 6.92 Å². The summed E-state index contributed by atoms with van der Waals surface area (Å²) in [6.45, 7) is 1.59. The quantitative estimate of drug-likeness (QED) is 0.628. The standard InChI is InChI=1S/C3H3Cl4S/c1-3(6,7)8-2(4)5/h1H3. The molecule has 0 unspecified atom stereocenters. The fraction of sp³-hybridized carbons (Fsp3) is 0.667. The number of alkyl halides is 2. The van der Waals surface area contributed by atoms with Gasteiger partial charge in [0.05, 0.1) is 0 Å². The van der Waals surface area contributed by atoms with E-state index in [0.717, 1.165) is 11.8 Å². The number of hydrogen-bond acceptors (Lipinski definition) is 1. The zero-order chi connectivity index (χ0) is 6.78. The molecule has 0 bridgehead atoms. The fourth-order valence-electron chi connectivity index (χ4n) is 0.135. The van der Waals surface area contributed by atoms with Crippen molar-refractivity contribution >= 4 is 58.2 Å². The van der Waals surface area contributed by atoms with Gasteiger partial charge in [0.15, 0.2) is 3.67 Å². The lowest BCUT2D eigenvalue weighted by atomic mass is 10.9. The summed E-state index contributed by atoms with van der Waals surface area (Å²) < 4.78 is -0.795. The second-order valence-electron chi connectivity index (χ2n) is 1.14. The maximum Gasteiger partial charge on any atom is 0.208 e. The molecule has 0 saturated heterocycles. The van der Waals surface area contributed by atoms with Gasteiger partial charge in [-0.15, -0.1) is 0 Å². The van der Waals surface area contributed by atoms with Crippen LogP contribution in [0, 0.1) is 4.17 Å². The highest BCUT2D eigenvalue weighted by molar-refractivity contribution is 8.08. The molecule has 49 valence electrons. The summed E-state index contributed by atoms with van der Waals surface area (Å²) >= 11 is 22.4.